The summed E-state index contributed by atoms with van der Waals surface area (Å²) in [5, 5.41) is 8.36. The van der Waals surface area contributed by atoms with Crippen LogP contribution in [0.5, 0.6) is 0 Å². The Morgan fingerprint density at radius 3 is 1.93 bits per heavy atom. The van der Waals surface area contributed by atoms with Crippen molar-refractivity contribution in [1.82, 2.24) is 19.1 Å². The maximum Gasteiger partial charge on any atom is 0.235 e. The molecule has 11 rings (SSSR count). The van der Waals surface area contributed by atoms with Gasteiger partial charge in [0.05, 0.1) is 33.3 Å². The van der Waals surface area contributed by atoms with Gasteiger partial charge in [-0.05, 0) is 91.1 Å². The molecule has 0 aliphatic heterocycles. The molecule has 4 nitrogen and oxygen atoms in total. The molecule has 0 saturated carbocycles. The molecule has 10 aromatic rings. The Morgan fingerprint density at radius 1 is 0.481 bits per heavy atom. The first-order chi connectivity index (χ1) is 26.6. The maximum absolute atomic E-state index is 5.53. The quantitative estimate of drug-likeness (QED) is 0.184. The van der Waals surface area contributed by atoms with E-state index >= 15 is 0 Å². The summed E-state index contributed by atoms with van der Waals surface area (Å²) >= 11 is 0. The van der Waals surface area contributed by atoms with E-state index in [9.17, 15) is 0 Å². The first-order valence-corrected chi connectivity index (χ1v) is 18.8. The number of hydrogen-bond acceptors (Lipinski definition) is 2. The molecule has 0 unspecified atom stereocenters. The number of nitrogens with zero attached hydrogens (tertiary/aromatic N) is 4. The zero-order chi connectivity index (χ0) is 35.9. The van der Waals surface area contributed by atoms with E-state index in [1.807, 2.05) is 0 Å². The van der Waals surface area contributed by atoms with Crippen LogP contribution < -0.4 is 0 Å². The lowest BCUT2D eigenvalue weighted by Gasteiger charge is -2.14. The molecule has 4 heteroatoms. The van der Waals surface area contributed by atoms with Crippen LogP contribution in [0.15, 0.2) is 158 Å². The highest BCUT2D eigenvalue weighted by atomic mass is 15.2. The van der Waals surface area contributed by atoms with Crippen LogP contribution in [-0.2, 0) is 0 Å². The van der Waals surface area contributed by atoms with Gasteiger partial charge in [0.25, 0.3) is 0 Å². The zero-order valence-corrected chi connectivity index (χ0v) is 30.2. The number of para-hydroxylation sites is 3. The van der Waals surface area contributed by atoms with Gasteiger partial charge in [0, 0.05) is 38.2 Å². The monoisotopic (exact) mass is 692 g/mol. The minimum absolute atomic E-state index is 0.663. The van der Waals surface area contributed by atoms with Crippen LogP contribution in [0.3, 0.4) is 0 Å². The standard InChI is InChI=1S/C50H36N4/c1-31-26-32(2)28-34(27-31)41-30-47-48(38-18-7-6-16-36(38)41)40-20-10-13-23-45(40)54(47)50-51-43-21-11-8-19-39(43)49(52-50)33-24-25-46-42(29-33)37-17-9-12-22-44(37)53(46)35-14-4-3-5-15-35/h4,6-30H,3,5H2,1-2H3. The van der Waals surface area contributed by atoms with Gasteiger partial charge in [-0.2, -0.15) is 0 Å². The summed E-state index contributed by atoms with van der Waals surface area (Å²) in [5.74, 6) is 0.663. The number of benzene rings is 7. The summed E-state index contributed by atoms with van der Waals surface area (Å²) in [7, 11) is 0. The second-order valence-corrected chi connectivity index (χ2v) is 14.7. The molecule has 0 N–H and O–H groups in total. The maximum atomic E-state index is 5.53. The molecular weight excluding hydrogens is 657 g/mol. The number of aromatic nitrogens is 4. The van der Waals surface area contributed by atoms with Crippen LogP contribution in [0.4, 0.5) is 0 Å². The predicted molar refractivity (Wildman–Crippen MR) is 227 cm³/mol. The molecular formula is C50H36N4. The fourth-order valence-corrected chi connectivity index (χ4v) is 8.96. The molecule has 0 spiro atoms. The molecule has 1 aliphatic carbocycles. The summed E-state index contributed by atoms with van der Waals surface area (Å²) in [6.07, 6.45) is 9.03. The summed E-state index contributed by atoms with van der Waals surface area (Å²) in [6.45, 7) is 4.36. The summed E-state index contributed by atoms with van der Waals surface area (Å²) in [5.41, 5.74) is 13.7. The third-order valence-electron chi connectivity index (χ3n) is 11.2. The molecule has 7 aromatic carbocycles. The lowest BCUT2D eigenvalue weighted by molar-refractivity contribution is 1.01. The Kier molecular flexibility index (Phi) is 6.77. The lowest BCUT2D eigenvalue weighted by atomic mass is 9.93. The van der Waals surface area contributed by atoms with Crippen molar-refractivity contribution >= 4 is 71.0 Å². The van der Waals surface area contributed by atoms with Crippen LogP contribution >= 0.6 is 0 Å². The average Bonchev–Trinajstić information content (AvgIpc) is 3.73. The van der Waals surface area contributed by atoms with Crippen LogP contribution in [-0.4, -0.2) is 19.1 Å². The van der Waals surface area contributed by atoms with Crippen LogP contribution in [0.25, 0.3) is 99.3 Å². The number of hydrogen-bond donors (Lipinski definition) is 0. The smallest absolute Gasteiger partial charge is 0.235 e. The molecule has 3 heterocycles. The van der Waals surface area contributed by atoms with Gasteiger partial charge in [-0.1, -0.05) is 126 Å². The topological polar surface area (TPSA) is 35.6 Å². The van der Waals surface area contributed by atoms with Gasteiger partial charge in [-0.15, -0.1) is 0 Å². The van der Waals surface area contributed by atoms with Crippen molar-refractivity contribution in [2.24, 2.45) is 0 Å². The second-order valence-electron chi connectivity index (χ2n) is 14.7. The summed E-state index contributed by atoms with van der Waals surface area (Å²) in [6, 6.07) is 50.7. The zero-order valence-electron chi connectivity index (χ0n) is 30.2. The van der Waals surface area contributed by atoms with E-state index in [-0.39, 0.29) is 0 Å². The SMILES string of the molecule is Cc1cc(C)cc(-c2cc3c(c4ccccc24)c2ccccc2n3-c2nc(-c3ccc4c(c3)c3ccccc3n4C3=CCCC=C3)c3ccccc3n2)c1. The predicted octanol–water partition coefficient (Wildman–Crippen LogP) is 13.1. The van der Waals surface area contributed by atoms with Crippen LogP contribution in [0, 0.1) is 13.8 Å². The number of aryl methyl sites for hydroxylation is 2. The van der Waals surface area contributed by atoms with E-state index in [0.29, 0.717) is 5.95 Å². The first kappa shape index (κ1) is 30.8. The van der Waals surface area contributed by atoms with E-state index < -0.39 is 0 Å². The Bertz CT molecular complexity index is 3220. The molecule has 54 heavy (non-hydrogen) atoms. The molecule has 1 aliphatic rings. The highest BCUT2D eigenvalue weighted by Gasteiger charge is 2.22. The second kappa shape index (κ2) is 11.9. The van der Waals surface area contributed by atoms with Gasteiger partial charge in [-0.3, -0.25) is 4.57 Å². The molecule has 0 saturated heterocycles. The fraction of sp³-hybridized carbons (Fsp3) is 0.0800. The Morgan fingerprint density at radius 2 is 1.15 bits per heavy atom. The third-order valence-corrected chi connectivity index (χ3v) is 11.2. The van der Waals surface area contributed by atoms with Crippen LogP contribution in [0.1, 0.15) is 24.0 Å². The highest BCUT2D eigenvalue weighted by molar-refractivity contribution is 6.24. The van der Waals surface area contributed by atoms with Crippen molar-refractivity contribution in [3.63, 3.8) is 0 Å². The van der Waals surface area contributed by atoms with Gasteiger partial charge in [0.2, 0.25) is 5.95 Å². The van der Waals surface area contributed by atoms with E-state index in [1.54, 1.807) is 0 Å². The van der Waals surface area contributed by atoms with E-state index in [1.165, 1.54) is 71.3 Å². The number of rotatable bonds is 4. The molecule has 0 fully saturated rings. The average molecular weight is 693 g/mol. The number of fused-ring (bicyclic) bond motifs is 9. The van der Waals surface area contributed by atoms with Crippen molar-refractivity contribution in [2.45, 2.75) is 26.7 Å². The van der Waals surface area contributed by atoms with Crippen molar-refractivity contribution in [3.8, 4) is 28.3 Å². The van der Waals surface area contributed by atoms with Crippen molar-refractivity contribution in [1.29, 1.82) is 0 Å². The van der Waals surface area contributed by atoms with E-state index in [0.717, 1.165) is 46.0 Å². The van der Waals surface area contributed by atoms with Crippen molar-refractivity contribution in [2.75, 3.05) is 0 Å². The Hall–Kier alpha value is -6.78. The normalized spacial score (nSPS) is 13.3. The molecule has 0 amide bonds. The van der Waals surface area contributed by atoms with E-state index in [4.69, 9.17) is 9.97 Å². The van der Waals surface area contributed by atoms with E-state index in [2.05, 4.69) is 181 Å². The lowest BCUT2D eigenvalue weighted by Crippen LogP contribution is -2.03. The third kappa shape index (κ3) is 4.63. The number of allylic oxidation sites excluding steroid dienone is 4. The first-order valence-electron chi connectivity index (χ1n) is 18.8. The van der Waals surface area contributed by atoms with Crippen molar-refractivity contribution < 1.29 is 0 Å². The van der Waals surface area contributed by atoms with Gasteiger partial charge < -0.3 is 4.57 Å². The van der Waals surface area contributed by atoms with Gasteiger partial charge in [-0.25, -0.2) is 9.97 Å². The van der Waals surface area contributed by atoms with Crippen molar-refractivity contribution in [3.05, 3.63) is 169 Å². The highest BCUT2D eigenvalue weighted by Crippen LogP contribution is 2.42. The minimum atomic E-state index is 0.663. The largest absolute Gasteiger partial charge is 0.310 e. The molecule has 256 valence electrons. The molecule has 3 aromatic heterocycles. The Balaban J connectivity index is 1.21. The summed E-state index contributed by atoms with van der Waals surface area (Å²) in [4.78, 5) is 10.9. The fourth-order valence-electron chi connectivity index (χ4n) is 8.96. The molecule has 0 atom stereocenters. The van der Waals surface area contributed by atoms with Gasteiger partial charge >= 0.3 is 0 Å². The summed E-state index contributed by atoms with van der Waals surface area (Å²) < 4.78 is 4.69. The Labute approximate surface area is 313 Å². The minimum Gasteiger partial charge on any atom is -0.310 e. The van der Waals surface area contributed by atoms with Gasteiger partial charge in [0.15, 0.2) is 0 Å². The van der Waals surface area contributed by atoms with Crippen LogP contribution in [0.2, 0.25) is 0 Å². The molecule has 0 bridgehead atoms. The molecule has 0 radical (unpaired) electrons. The van der Waals surface area contributed by atoms with Gasteiger partial charge in [0.1, 0.15) is 0 Å².